The number of anilines is 1. The quantitative estimate of drug-likeness (QED) is 0.618. The first-order chi connectivity index (χ1) is 14.5. The molecule has 1 aromatic heterocycles. The molecule has 2 N–H and O–H groups in total. The van der Waals surface area contributed by atoms with Crippen molar-refractivity contribution in [3.63, 3.8) is 0 Å². The molecule has 0 aliphatic rings. The van der Waals surface area contributed by atoms with Gasteiger partial charge in [0.1, 0.15) is 5.15 Å². The van der Waals surface area contributed by atoms with Crippen LogP contribution < -0.4 is 5.32 Å². The van der Waals surface area contributed by atoms with E-state index in [1.807, 2.05) is 0 Å². The molecule has 0 aliphatic heterocycles. The molecule has 0 saturated carbocycles. The van der Waals surface area contributed by atoms with E-state index < -0.39 is 54.8 Å². The maximum Gasteiger partial charge on any atom is 0.417 e. The number of hydrogen-bond acceptors (Lipinski definition) is 6. The van der Waals surface area contributed by atoms with E-state index in [2.05, 4.69) is 10.3 Å². The third-order valence-electron chi connectivity index (χ3n) is 4.62. The van der Waals surface area contributed by atoms with Gasteiger partial charge in [-0.1, -0.05) is 17.7 Å². The van der Waals surface area contributed by atoms with Crippen molar-refractivity contribution < 1.29 is 31.5 Å². The highest BCUT2D eigenvalue weighted by Gasteiger charge is 2.46. The van der Waals surface area contributed by atoms with Crippen molar-refractivity contribution in [1.82, 2.24) is 4.98 Å². The Hall–Kier alpha value is -2.68. The fourth-order valence-corrected chi connectivity index (χ4v) is 3.97. The van der Waals surface area contributed by atoms with Crippen LogP contribution >= 0.6 is 11.6 Å². The summed E-state index contributed by atoms with van der Waals surface area (Å²) in [5.74, 6) is -2.37. The highest BCUT2D eigenvalue weighted by Crippen LogP contribution is 2.35. The van der Waals surface area contributed by atoms with Gasteiger partial charge in [0.05, 0.1) is 27.7 Å². The van der Waals surface area contributed by atoms with E-state index in [-0.39, 0.29) is 10.7 Å². The van der Waals surface area contributed by atoms with Crippen LogP contribution in [0.1, 0.15) is 37.5 Å². The zero-order valence-corrected chi connectivity index (χ0v) is 18.7. The van der Waals surface area contributed by atoms with Crippen molar-refractivity contribution in [3.8, 4) is 6.07 Å². The Bertz CT molecular complexity index is 1170. The zero-order valence-electron chi connectivity index (χ0n) is 17.2. The summed E-state index contributed by atoms with van der Waals surface area (Å²) in [5, 5.41) is 22.2. The molecule has 0 spiro atoms. The van der Waals surface area contributed by atoms with Crippen molar-refractivity contribution in [3.05, 3.63) is 58.4 Å². The molecule has 1 amide bonds. The second-order valence-corrected chi connectivity index (χ2v) is 11.1. The van der Waals surface area contributed by atoms with Crippen LogP contribution in [0.15, 0.2) is 36.5 Å². The molecule has 1 aromatic carbocycles. The van der Waals surface area contributed by atoms with E-state index in [1.54, 1.807) is 0 Å². The minimum absolute atomic E-state index is 0.0112. The Morgan fingerprint density at radius 3 is 2.31 bits per heavy atom. The molecule has 12 heteroatoms. The first kappa shape index (κ1) is 25.6. The van der Waals surface area contributed by atoms with E-state index in [4.69, 9.17) is 16.9 Å². The minimum atomic E-state index is -4.88. The van der Waals surface area contributed by atoms with Gasteiger partial charge < -0.3 is 10.4 Å². The van der Waals surface area contributed by atoms with Gasteiger partial charge in [0.25, 0.3) is 5.91 Å². The van der Waals surface area contributed by atoms with E-state index in [9.17, 15) is 31.5 Å². The van der Waals surface area contributed by atoms with Crippen molar-refractivity contribution in [2.24, 2.45) is 0 Å². The lowest BCUT2D eigenvalue weighted by Gasteiger charge is -2.30. The maximum atomic E-state index is 13.2. The molecular weight excluding hydrogens is 471 g/mol. The highest BCUT2D eigenvalue weighted by atomic mass is 35.5. The number of carbonyl (C=O) groups is 1. The molecule has 0 aliphatic carbocycles. The summed E-state index contributed by atoms with van der Waals surface area (Å²) in [6.45, 7) is 4.12. The van der Waals surface area contributed by atoms with Gasteiger partial charge in [-0.2, -0.15) is 18.4 Å². The number of amides is 1. The van der Waals surface area contributed by atoms with Gasteiger partial charge in [0.2, 0.25) is 0 Å². The Kier molecular flexibility index (Phi) is 6.95. The van der Waals surface area contributed by atoms with Gasteiger partial charge in [-0.15, -0.1) is 0 Å². The molecule has 172 valence electrons. The average Bonchev–Trinajstić information content (AvgIpc) is 2.66. The SMILES string of the molecule is CC(C)(C)S(=O)(=O)CC(O)(C(=O)Nc1ccc(C#N)c(C(F)(F)F)c1)c1ccc(Cl)nc1. The number of pyridine rings is 1. The second-order valence-electron chi connectivity index (χ2n) is 7.93. The van der Waals surface area contributed by atoms with E-state index in [1.165, 1.54) is 39.0 Å². The largest absolute Gasteiger partial charge is 0.417 e. The van der Waals surface area contributed by atoms with Crippen molar-refractivity contribution in [2.45, 2.75) is 37.3 Å². The zero-order chi connectivity index (χ0) is 24.5. The molecule has 1 atom stereocenters. The average molecular weight is 490 g/mol. The number of benzene rings is 1. The Labute approximate surface area is 187 Å². The first-order valence-electron chi connectivity index (χ1n) is 9.01. The molecule has 2 rings (SSSR count). The van der Waals surface area contributed by atoms with Crippen LogP contribution in [0.4, 0.5) is 18.9 Å². The lowest BCUT2D eigenvalue weighted by atomic mass is 9.96. The Morgan fingerprint density at radius 1 is 1.22 bits per heavy atom. The van der Waals surface area contributed by atoms with Crippen molar-refractivity contribution >= 4 is 33.0 Å². The Balaban J connectivity index is 2.55. The number of halogens is 4. The summed E-state index contributed by atoms with van der Waals surface area (Å²) in [4.78, 5) is 16.7. The van der Waals surface area contributed by atoms with Gasteiger partial charge in [0.15, 0.2) is 15.4 Å². The molecule has 7 nitrogen and oxygen atoms in total. The number of aliphatic hydroxyl groups is 1. The second kappa shape index (κ2) is 8.69. The normalized spacial score (nSPS) is 14.3. The summed E-state index contributed by atoms with van der Waals surface area (Å²) in [7, 11) is -4.09. The van der Waals surface area contributed by atoms with Crippen LogP contribution in [0, 0.1) is 11.3 Å². The number of nitrogens with zero attached hydrogens (tertiary/aromatic N) is 2. The summed E-state index contributed by atoms with van der Waals surface area (Å²) >= 11 is 5.72. The third kappa shape index (κ3) is 5.38. The van der Waals surface area contributed by atoms with E-state index >= 15 is 0 Å². The van der Waals surface area contributed by atoms with Crippen LogP contribution in [0.25, 0.3) is 0 Å². The summed E-state index contributed by atoms with van der Waals surface area (Å²) in [6.07, 6.45) is -3.88. The van der Waals surface area contributed by atoms with Gasteiger partial charge in [-0.3, -0.25) is 4.79 Å². The number of alkyl halides is 3. The first-order valence-corrected chi connectivity index (χ1v) is 11.0. The Morgan fingerprint density at radius 2 is 1.84 bits per heavy atom. The molecule has 0 radical (unpaired) electrons. The van der Waals surface area contributed by atoms with Gasteiger partial charge in [0, 0.05) is 17.4 Å². The molecule has 0 saturated heterocycles. The number of nitriles is 1. The smallest absolute Gasteiger partial charge is 0.374 e. The topological polar surface area (TPSA) is 120 Å². The molecule has 1 heterocycles. The van der Waals surface area contributed by atoms with Gasteiger partial charge in [-0.25, -0.2) is 13.4 Å². The van der Waals surface area contributed by atoms with Crippen molar-refractivity contribution in [2.75, 3.05) is 11.1 Å². The maximum absolute atomic E-state index is 13.2. The fourth-order valence-electron chi connectivity index (χ4n) is 2.58. The van der Waals surface area contributed by atoms with Gasteiger partial charge in [-0.05, 0) is 45.0 Å². The van der Waals surface area contributed by atoms with Crippen LogP contribution in [-0.4, -0.2) is 34.9 Å². The lowest BCUT2D eigenvalue weighted by Crippen LogP contribution is -2.49. The predicted octanol–water partition coefficient (Wildman–Crippen LogP) is 3.67. The molecule has 2 aromatic rings. The predicted molar refractivity (Wildman–Crippen MR) is 111 cm³/mol. The molecule has 0 fully saturated rings. The monoisotopic (exact) mass is 489 g/mol. The van der Waals surface area contributed by atoms with E-state index in [0.717, 1.165) is 18.3 Å². The third-order valence-corrected chi connectivity index (χ3v) is 7.50. The standard InChI is InChI=1S/C20H19ClF3N3O4S/c1-18(2,3)32(30,31)11-19(29,13-5-7-16(21)26-10-13)17(28)27-14-6-4-12(9-25)15(8-14)20(22,23)24/h4-8,10,29H,11H2,1-3H3,(H,27,28). The van der Waals surface area contributed by atoms with Crippen LogP contribution in [-0.2, 0) is 26.4 Å². The lowest BCUT2D eigenvalue weighted by molar-refractivity contribution is -0.138. The van der Waals surface area contributed by atoms with E-state index in [0.29, 0.717) is 6.07 Å². The summed E-state index contributed by atoms with van der Waals surface area (Å²) in [5.41, 5.74) is -5.28. The molecule has 32 heavy (non-hydrogen) atoms. The highest BCUT2D eigenvalue weighted by molar-refractivity contribution is 7.92. The summed E-state index contributed by atoms with van der Waals surface area (Å²) in [6, 6.07) is 6.23. The number of carbonyl (C=O) groups excluding carboxylic acids is 1. The van der Waals surface area contributed by atoms with Crippen LogP contribution in [0.2, 0.25) is 5.15 Å². The molecular formula is C20H19ClF3N3O4S. The minimum Gasteiger partial charge on any atom is -0.374 e. The van der Waals surface area contributed by atoms with Crippen molar-refractivity contribution in [1.29, 1.82) is 5.26 Å². The number of rotatable bonds is 5. The van der Waals surface area contributed by atoms with Gasteiger partial charge >= 0.3 is 6.18 Å². The van der Waals surface area contributed by atoms with Crippen LogP contribution in [0.3, 0.4) is 0 Å². The molecule has 1 unspecified atom stereocenters. The fraction of sp³-hybridized carbons (Fsp3) is 0.350. The number of aromatic nitrogens is 1. The number of sulfone groups is 1. The number of hydrogen-bond donors (Lipinski definition) is 2. The van der Waals surface area contributed by atoms with Crippen LogP contribution in [0.5, 0.6) is 0 Å². The number of nitrogens with one attached hydrogen (secondary N) is 1. The molecule has 0 bridgehead atoms. The summed E-state index contributed by atoms with van der Waals surface area (Å²) < 4.78 is 63.9.